The molecule has 1 aliphatic rings. The van der Waals surface area contributed by atoms with E-state index < -0.39 is 5.60 Å². The van der Waals surface area contributed by atoms with E-state index in [9.17, 15) is 4.79 Å². The lowest BCUT2D eigenvalue weighted by atomic mass is 9.92. The van der Waals surface area contributed by atoms with Crippen LogP contribution in [0.4, 0.5) is 17.3 Å². The van der Waals surface area contributed by atoms with Gasteiger partial charge in [-0.3, -0.25) is 4.79 Å². The number of benzene rings is 3. The van der Waals surface area contributed by atoms with E-state index in [1.807, 2.05) is 60.7 Å². The standard InChI is InChI=1S/C29H30N6O3/c1-3-26(36)33-22-8-4-6-19(14-22)23-9-5-7-20-16-32-28(35-27(20)23)34-24-11-10-21(15-25(24)37-2)29(17-30)18-31-12-13-38-29/h3-11,14-16,31H,1,12-13,17-18,30H2,2H3,(H,33,36)(H,32,34,35). The summed E-state index contributed by atoms with van der Waals surface area (Å²) in [4.78, 5) is 21.1. The van der Waals surface area contributed by atoms with Gasteiger partial charge in [-0.2, -0.15) is 0 Å². The van der Waals surface area contributed by atoms with Gasteiger partial charge in [-0.1, -0.05) is 43.0 Å². The molecule has 1 unspecified atom stereocenters. The molecular formula is C29H30N6O3. The topological polar surface area (TPSA) is 123 Å². The minimum Gasteiger partial charge on any atom is -0.495 e. The number of aromatic nitrogens is 2. The van der Waals surface area contributed by atoms with Gasteiger partial charge in [0.1, 0.15) is 11.4 Å². The molecule has 1 saturated heterocycles. The minimum atomic E-state index is -0.599. The van der Waals surface area contributed by atoms with Gasteiger partial charge in [-0.05, 0) is 41.5 Å². The Balaban J connectivity index is 1.48. The first-order valence-corrected chi connectivity index (χ1v) is 12.3. The number of rotatable bonds is 8. The third kappa shape index (κ3) is 5.08. The summed E-state index contributed by atoms with van der Waals surface area (Å²) in [6.45, 7) is 5.89. The molecule has 0 bridgehead atoms. The molecule has 0 aliphatic carbocycles. The average molecular weight is 511 g/mol. The van der Waals surface area contributed by atoms with Gasteiger partial charge in [0.05, 0.1) is 24.9 Å². The lowest BCUT2D eigenvalue weighted by molar-refractivity contribution is -0.111. The molecule has 3 aromatic carbocycles. The SMILES string of the molecule is C=CC(=O)Nc1cccc(-c2cccc3cnc(Nc4ccc(C5(CN)CNCCO5)cc4OC)nc23)c1. The lowest BCUT2D eigenvalue weighted by Gasteiger charge is -2.37. The fourth-order valence-corrected chi connectivity index (χ4v) is 4.60. The Morgan fingerprint density at radius 1 is 1.24 bits per heavy atom. The number of anilines is 3. The maximum atomic E-state index is 11.8. The summed E-state index contributed by atoms with van der Waals surface area (Å²) in [6, 6.07) is 19.4. The number of ether oxygens (including phenoxy) is 2. The molecule has 1 amide bonds. The van der Waals surface area contributed by atoms with E-state index in [0.717, 1.165) is 39.8 Å². The number of para-hydroxylation sites is 1. The van der Waals surface area contributed by atoms with Crippen LogP contribution in [0.15, 0.2) is 79.5 Å². The van der Waals surface area contributed by atoms with Crippen LogP contribution < -0.4 is 26.4 Å². The van der Waals surface area contributed by atoms with E-state index in [0.29, 0.717) is 37.1 Å². The van der Waals surface area contributed by atoms with Crippen LogP contribution >= 0.6 is 0 Å². The molecule has 38 heavy (non-hydrogen) atoms. The molecule has 0 saturated carbocycles. The predicted octanol–water partition coefficient (Wildman–Crippen LogP) is 3.95. The Morgan fingerprint density at radius 2 is 2.11 bits per heavy atom. The van der Waals surface area contributed by atoms with Crippen molar-refractivity contribution in [2.75, 3.05) is 44.0 Å². The van der Waals surface area contributed by atoms with Crippen molar-refractivity contribution < 1.29 is 14.3 Å². The van der Waals surface area contributed by atoms with E-state index in [1.165, 1.54) is 6.08 Å². The maximum Gasteiger partial charge on any atom is 0.247 e. The highest BCUT2D eigenvalue weighted by Crippen LogP contribution is 2.35. The smallest absolute Gasteiger partial charge is 0.247 e. The molecule has 5 rings (SSSR count). The Hall–Kier alpha value is -4.31. The van der Waals surface area contributed by atoms with Crippen molar-refractivity contribution in [3.05, 3.63) is 85.1 Å². The molecule has 1 aromatic heterocycles. The van der Waals surface area contributed by atoms with E-state index in [-0.39, 0.29) is 5.91 Å². The number of carbonyl (C=O) groups excluding carboxylic acids is 1. The van der Waals surface area contributed by atoms with Crippen LogP contribution in [0.5, 0.6) is 5.75 Å². The quantitative estimate of drug-likeness (QED) is 0.263. The van der Waals surface area contributed by atoms with Crippen molar-refractivity contribution in [2.24, 2.45) is 5.73 Å². The number of carbonyl (C=O) groups is 1. The zero-order chi connectivity index (χ0) is 26.5. The van der Waals surface area contributed by atoms with Crippen LogP contribution in [-0.4, -0.2) is 49.2 Å². The van der Waals surface area contributed by atoms with Crippen LogP contribution in [0, 0.1) is 0 Å². The lowest BCUT2D eigenvalue weighted by Crippen LogP contribution is -2.51. The fourth-order valence-electron chi connectivity index (χ4n) is 4.60. The monoisotopic (exact) mass is 510 g/mol. The summed E-state index contributed by atoms with van der Waals surface area (Å²) in [7, 11) is 1.62. The van der Waals surface area contributed by atoms with Crippen LogP contribution in [-0.2, 0) is 15.1 Å². The van der Waals surface area contributed by atoms with Gasteiger partial charge in [0.2, 0.25) is 11.9 Å². The maximum absolute atomic E-state index is 11.8. The van der Waals surface area contributed by atoms with Gasteiger partial charge < -0.3 is 31.2 Å². The van der Waals surface area contributed by atoms with Crippen LogP contribution in [0.1, 0.15) is 5.56 Å². The van der Waals surface area contributed by atoms with E-state index in [1.54, 1.807) is 13.3 Å². The third-order valence-electron chi connectivity index (χ3n) is 6.61. The normalized spacial score (nSPS) is 17.1. The van der Waals surface area contributed by atoms with Gasteiger partial charge in [0, 0.05) is 42.5 Å². The van der Waals surface area contributed by atoms with E-state index >= 15 is 0 Å². The summed E-state index contributed by atoms with van der Waals surface area (Å²) in [5.74, 6) is 0.793. The molecule has 5 N–H and O–H groups in total. The number of hydrogen-bond acceptors (Lipinski definition) is 8. The molecule has 1 fully saturated rings. The predicted molar refractivity (Wildman–Crippen MR) is 150 cm³/mol. The van der Waals surface area contributed by atoms with Gasteiger partial charge in [0.15, 0.2) is 0 Å². The Labute approximate surface area is 221 Å². The molecule has 1 aliphatic heterocycles. The van der Waals surface area contributed by atoms with Gasteiger partial charge in [-0.25, -0.2) is 9.97 Å². The molecule has 194 valence electrons. The first-order valence-electron chi connectivity index (χ1n) is 12.3. The molecule has 2 heterocycles. The number of amides is 1. The number of nitrogens with two attached hydrogens (primary N) is 1. The van der Waals surface area contributed by atoms with Crippen molar-refractivity contribution in [1.29, 1.82) is 0 Å². The molecule has 1 atom stereocenters. The Morgan fingerprint density at radius 3 is 2.87 bits per heavy atom. The van der Waals surface area contributed by atoms with E-state index in [4.69, 9.17) is 20.2 Å². The zero-order valence-corrected chi connectivity index (χ0v) is 21.2. The van der Waals surface area contributed by atoms with Crippen molar-refractivity contribution >= 4 is 34.1 Å². The van der Waals surface area contributed by atoms with Gasteiger partial charge >= 0.3 is 0 Å². The fraction of sp³-hybridized carbons (Fsp3) is 0.207. The number of nitrogens with zero attached hydrogens (tertiary/aromatic N) is 2. The van der Waals surface area contributed by atoms with Gasteiger partial charge in [0.25, 0.3) is 0 Å². The number of fused-ring (bicyclic) bond motifs is 1. The molecule has 9 nitrogen and oxygen atoms in total. The molecule has 0 radical (unpaired) electrons. The van der Waals surface area contributed by atoms with Crippen molar-refractivity contribution in [3.63, 3.8) is 0 Å². The highest BCUT2D eigenvalue weighted by Gasteiger charge is 2.34. The number of hydrogen-bond donors (Lipinski definition) is 4. The second kappa shape index (κ2) is 11.0. The number of nitrogens with one attached hydrogen (secondary N) is 3. The Kier molecular flexibility index (Phi) is 7.32. The van der Waals surface area contributed by atoms with Crippen LogP contribution in [0.25, 0.3) is 22.0 Å². The van der Waals surface area contributed by atoms with E-state index in [2.05, 4.69) is 27.5 Å². The largest absolute Gasteiger partial charge is 0.495 e. The van der Waals surface area contributed by atoms with Crippen molar-refractivity contribution in [2.45, 2.75) is 5.60 Å². The molecule has 4 aromatic rings. The summed E-state index contributed by atoms with van der Waals surface area (Å²) in [5, 5.41) is 10.4. The second-order valence-electron chi connectivity index (χ2n) is 8.97. The van der Waals surface area contributed by atoms with Gasteiger partial charge in [-0.15, -0.1) is 0 Å². The zero-order valence-electron chi connectivity index (χ0n) is 21.2. The van der Waals surface area contributed by atoms with Crippen molar-refractivity contribution in [3.8, 4) is 16.9 Å². The first-order chi connectivity index (χ1) is 18.5. The molecular weight excluding hydrogens is 480 g/mol. The average Bonchev–Trinajstić information content (AvgIpc) is 2.97. The second-order valence-corrected chi connectivity index (χ2v) is 8.97. The Bertz CT molecular complexity index is 1480. The van der Waals surface area contributed by atoms with Crippen LogP contribution in [0.2, 0.25) is 0 Å². The summed E-state index contributed by atoms with van der Waals surface area (Å²) in [5.41, 5.74) is 10.5. The summed E-state index contributed by atoms with van der Waals surface area (Å²) >= 11 is 0. The molecule has 9 heteroatoms. The summed E-state index contributed by atoms with van der Waals surface area (Å²) in [6.07, 6.45) is 3.02. The highest BCUT2D eigenvalue weighted by molar-refractivity contribution is 6.00. The summed E-state index contributed by atoms with van der Waals surface area (Å²) < 4.78 is 11.8. The number of morpholine rings is 1. The molecule has 0 spiro atoms. The third-order valence-corrected chi connectivity index (χ3v) is 6.61. The number of methoxy groups -OCH3 is 1. The minimum absolute atomic E-state index is 0.266. The highest BCUT2D eigenvalue weighted by atomic mass is 16.5. The van der Waals surface area contributed by atoms with Crippen molar-refractivity contribution in [1.82, 2.24) is 15.3 Å². The van der Waals surface area contributed by atoms with Crippen LogP contribution in [0.3, 0.4) is 0 Å². The first kappa shape index (κ1) is 25.3.